The fourth-order valence-electron chi connectivity index (χ4n) is 1.62. The van der Waals surface area contributed by atoms with E-state index in [0.717, 1.165) is 45.2 Å². The normalized spacial score (nSPS) is 13.0. The number of likely N-dealkylation sites (N-methyl/N-ethyl adjacent to an activating group) is 1. The molecule has 1 unspecified atom stereocenters. The maximum absolute atomic E-state index is 5.02. The van der Waals surface area contributed by atoms with E-state index in [1.54, 1.807) is 7.11 Å². The minimum Gasteiger partial charge on any atom is -0.385 e. The first-order chi connectivity index (χ1) is 9.15. The predicted octanol–water partition coefficient (Wildman–Crippen LogP) is 1.93. The van der Waals surface area contributed by atoms with Crippen molar-refractivity contribution in [2.45, 2.75) is 39.7 Å². The number of nitrogens with one attached hydrogen (secondary N) is 2. The van der Waals surface area contributed by atoms with Gasteiger partial charge in [-0.2, -0.15) is 0 Å². The van der Waals surface area contributed by atoms with Gasteiger partial charge in [-0.15, -0.1) is 24.0 Å². The maximum atomic E-state index is 5.02. The lowest BCUT2D eigenvalue weighted by atomic mass is 10.2. The van der Waals surface area contributed by atoms with Crippen molar-refractivity contribution in [3.8, 4) is 0 Å². The van der Waals surface area contributed by atoms with Gasteiger partial charge in [0.1, 0.15) is 0 Å². The van der Waals surface area contributed by atoms with Crippen molar-refractivity contribution in [1.29, 1.82) is 0 Å². The molecule has 0 aliphatic heterocycles. The molecule has 0 radical (unpaired) electrons. The summed E-state index contributed by atoms with van der Waals surface area (Å²) in [5, 5.41) is 6.62. The molecule has 6 heteroatoms. The van der Waals surface area contributed by atoms with Crippen molar-refractivity contribution < 1.29 is 4.74 Å². The van der Waals surface area contributed by atoms with Gasteiger partial charge in [-0.1, -0.05) is 6.92 Å². The molecule has 0 bridgehead atoms. The SMILES string of the molecule is CCNC(=NCCCOC)NCCN(C)C(C)CC.I. The lowest BCUT2D eigenvalue weighted by Gasteiger charge is -2.23. The van der Waals surface area contributed by atoms with E-state index in [9.17, 15) is 0 Å². The largest absolute Gasteiger partial charge is 0.385 e. The Bertz CT molecular complexity index is 239. The van der Waals surface area contributed by atoms with Gasteiger partial charge in [0.15, 0.2) is 5.96 Å². The Labute approximate surface area is 141 Å². The van der Waals surface area contributed by atoms with Gasteiger partial charge in [-0.25, -0.2) is 0 Å². The predicted molar refractivity (Wildman–Crippen MR) is 98.3 cm³/mol. The van der Waals surface area contributed by atoms with Crippen LogP contribution in [-0.4, -0.2) is 63.8 Å². The third-order valence-corrected chi connectivity index (χ3v) is 3.22. The second-order valence-corrected chi connectivity index (χ2v) is 4.77. The minimum atomic E-state index is 0. The summed E-state index contributed by atoms with van der Waals surface area (Å²) in [5.74, 6) is 0.899. The van der Waals surface area contributed by atoms with Gasteiger partial charge >= 0.3 is 0 Å². The number of nitrogens with zero attached hydrogens (tertiary/aromatic N) is 2. The molecule has 0 aliphatic carbocycles. The second-order valence-electron chi connectivity index (χ2n) is 4.77. The first-order valence-corrected chi connectivity index (χ1v) is 7.37. The number of aliphatic imine (C=N–C) groups is 1. The number of methoxy groups -OCH3 is 1. The van der Waals surface area contributed by atoms with E-state index in [1.165, 1.54) is 6.42 Å². The van der Waals surface area contributed by atoms with Gasteiger partial charge in [0.2, 0.25) is 0 Å². The number of hydrogen-bond acceptors (Lipinski definition) is 3. The van der Waals surface area contributed by atoms with Crippen molar-refractivity contribution in [2.75, 3.05) is 46.9 Å². The topological polar surface area (TPSA) is 48.9 Å². The maximum Gasteiger partial charge on any atom is 0.191 e. The fourth-order valence-corrected chi connectivity index (χ4v) is 1.62. The van der Waals surface area contributed by atoms with Crippen LogP contribution in [0, 0.1) is 0 Å². The van der Waals surface area contributed by atoms with Gasteiger partial charge in [0.05, 0.1) is 0 Å². The van der Waals surface area contributed by atoms with Crippen LogP contribution in [0.3, 0.4) is 0 Å². The van der Waals surface area contributed by atoms with Gasteiger partial charge in [-0.05, 0) is 33.7 Å². The van der Waals surface area contributed by atoms with Crippen LogP contribution < -0.4 is 10.6 Å². The Balaban J connectivity index is 0. The number of guanidine groups is 1. The summed E-state index contributed by atoms with van der Waals surface area (Å²) in [6.07, 6.45) is 2.14. The molecule has 2 N–H and O–H groups in total. The van der Waals surface area contributed by atoms with E-state index < -0.39 is 0 Å². The molecule has 0 aliphatic rings. The molecular weight excluding hydrogens is 367 g/mol. The summed E-state index contributed by atoms with van der Waals surface area (Å²) in [7, 11) is 3.89. The van der Waals surface area contributed by atoms with Crippen LogP contribution in [0.5, 0.6) is 0 Å². The Kier molecular flexibility index (Phi) is 17.0. The number of halogens is 1. The lowest BCUT2D eigenvalue weighted by Crippen LogP contribution is -2.42. The standard InChI is InChI=1S/C14H32N4O.HI/c1-6-13(3)18(4)11-10-17-14(15-7-2)16-9-8-12-19-5;/h13H,6-12H2,1-5H3,(H2,15,16,17);1H. The van der Waals surface area contributed by atoms with Gasteiger partial charge in [-0.3, -0.25) is 4.99 Å². The molecule has 1 atom stereocenters. The van der Waals surface area contributed by atoms with Crippen LogP contribution in [-0.2, 0) is 4.74 Å². The molecule has 5 nitrogen and oxygen atoms in total. The zero-order valence-corrected chi connectivity index (χ0v) is 16.1. The summed E-state index contributed by atoms with van der Waals surface area (Å²) in [6, 6.07) is 0.628. The van der Waals surface area contributed by atoms with Crippen LogP contribution in [0.15, 0.2) is 4.99 Å². The molecule has 0 saturated carbocycles. The Morgan fingerprint density at radius 1 is 1.30 bits per heavy atom. The molecule has 0 aromatic heterocycles. The third-order valence-electron chi connectivity index (χ3n) is 3.22. The van der Waals surface area contributed by atoms with E-state index in [2.05, 4.69) is 48.3 Å². The summed E-state index contributed by atoms with van der Waals surface area (Å²) >= 11 is 0. The molecule has 0 rings (SSSR count). The van der Waals surface area contributed by atoms with Crippen molar-refractivity contribution >= 4 is 29.9 Å². The zero-order chi connectivity index (χ0) is 14.5. The van der Waals surface area contributed by atoms with Crippen molar-refractivity contribution in [1.82, 2.24) is 15.5 Å². The zero-order valence-electron chi connectivity index (χ0n) is 13.7. The molecule has 0 aromatic rings. The van der Waals surface area contributed by atoms with Crippen molar-refractivity contribution in [2.24, 2.45) is 4.99 Å². The molecule has 20 heavy (non-hydrogen) atoms. The van der Waals surface area contributed by atoms with Crippen LogP contribution in [0.4, 0.5) is 0 Å². The Hall–Kier alpha value is -0.0800. The van der Waals surface area contributed by atoms with Crippen LogP contribution in [0.2, 0.25) is 0 Å². The smallest absolute Gasteiger partial charge is 0.191 e. The summed E-state index contributed by atoms with van der Waals surface area (Å²) in [5.41, 5.74) is 0. The molecular formula is C14H33IN4O. The van der Waals surface area contributed by atoms with E-state index in [-0.39, 0.29) is 24.0 Å². The van der Waals surface area contributed by atoms with E-state index >= 15 is 0 Å². The number of rotatable bonds is 10. The van der Waals surface area contributed by atoms with Crippen molar-refractivity contribution in [3.05, 3.63) is 0 Å². The Morgan fingerprint density at radius 2 is 2.00 bits per heavy atom. The summed E-state index contributed by atoms with van der Waals surface area (Å²) in [4.78, 5) is 6.87. The van der Waals surface area contributed by atoms with Gasteiger partial charge < -0.3 is 20.3 Å². The van der Waals surface area contributed by atoms with Crippen LogP contribution in [0.1, 0.15) is 33.6 Å². The average Bonchev–Trinajstić information content (AvgIpc) is 2.42. The lowest BCUT2D eigenvalue weighted by molar-refractivity contribution is 0.197. The molecule has 122 valence electrons. The second kappa shape index (κ2) is 15.3. The molecule has 0 spiro atoms. The molecule has 0 saturated heterocycles. The van der Waals surface area contributed by atoms with Crippen LogP contribution in [0.25, 0.3) is 0 Å². The molecule has 0 heterocycles. The highest BCUT2D eigenvalue weighted by molar-refractivity contribution is 14.0. The molecule has 0 fully saturated rings. The first-order valence-electron chi connectivity index (χ1n) is 7.37. The van der Waals surface area contributed by atoms with Gasteiger partial charge in [0.25, 0.3) is 0 Å². The van der Waals surface area contributed by atoms with Crippen molar-refractivity contribution in [3.63, 3.8) is 0 Å². The number of ether oxygens (including phenoxy) is 1. The van der Waals surface area contributed by atoms with Gasteiger partial charge in [0, 0.05) is 45.9 Å². The molecule has 0 aromatic carbocycles. The quantitative estimate of drug-likeness (QED) is 0.255. The third kappa shape index (κ3) is 11.7. The monoisotopic (exact) mass is 400 g/mol. The average molecular weight is 400 g/mol. The number of hydrogen-bond donors (Lipinski definition) is 2. The highest BCUT2D eigenvalue weighted by Crippen LogP contribution is 1.98. The molecule has 0 amide bonds. The fraction of sp³-hybridized carbons (Fsp3) is 0.929. The van der Waals surface area contributed by atoms with Crippen LogP contribution >= 0.6 is 24.0 Å². The highest BCUT2D eigenvalue weighted by atomic mass is 127. The summed E-state index contributed by atoms with van der Waals surface area (Å²) < 4.78 is 5.02. The van der Waals surface area contributed by atoms with E-state index in [4.69, 9.17) is 4.74 Å². The highest BCUT2D eigenvalue weighted by Gasteiger charge is 2.06. The van der Waals surface area contributed by atoms with E-state index in [1.807, 2.05) is 0 Å². The summed E-state index contributed by atoms with van der Waals surface area (Å²) in [6.45, 7) is 10.9. The minimum absolute atomic E-state index is 0. The van der Waals surface area contributed by atoms with E-state index in [0.29, 0.717) is 6.04 Å². The Morgan fingerprint density at radius 3 is 2.55 bits per heavy atom. The first kappa shape index (κ1) is 22.2.